The zero-order chi connectivity index (χ0) is 11.8. The first kappa shape index (κ1) is 12.1. The molecule has 1 aromatic heterocycles. The van der Waals surface area contributed by atoms with Gasteiger partial charge >= 0.3 is 6.18 Å². The number of nitrogens with zero attached hydrogens (tertiary/aromatic N) is 3. The van der Waals surface area contributed by atoms with Crippen LogP contribution in [-0.4, -0.2) is 27.3 Å². The fourth-order valence-electron chi connectivity index (χ4n) is 1.56. The molecule has 1 atom stereocenters. The summed E-state index contributed by atoms with van der Waals surface area (Å²) in [5.41, 5.74) is 0. The molecule has 0 radical (unpaired) electrons. The van der Waals surface area contributed by atoms with Crippen molar-refractivity contribution >= 4 is 32.6 Å². The van der Waals surface area contributed by atoms with Crippen LogP contribution >= 0.6 is 27.5 Å². The Bertz CT molecular complexity index is 368. The molecule has 2 heterocycles. The maximum Gasteiger partial charge on any atom is 0.452 e. The molecule has 1 fully saturated rings. The lowest BCUT2D eigenvalue weighted by atomic mass is 10.1. The molecule has 3 nitrogen and oxygen atoms in total. The zero-order valence-corrected chi connectivity index (χ0v) is 10.6. The molecular weight excluding hydrogens is 307 g/mol. The second-order valence-corrected chi connectivity index (χ2v) is 5.61. The first-order valence-corrected chi connectivity index (χ1v) is 6.45. The average Bonchev–Trinajstić information content (AvgIpc) is 2.65. The maximum absolute atomic E-state index is 12.3. The topological polar surface area (TPSA) is 29.0 Å². The van der Waals surface area contributed by atoms with Crippen molar-refractivity contribution in [1.29, 1.82) is 0 Å². The molecule has 0 N–H and O–H groups in total. The molecule has 1 unspecified atom stereocenters. The number of halogens is 4. The van der Waals surface area contributed by atoms with Gasteiger partial charge in [-0.15, -0.1) is 0 Å². The van der Waals surface area contributed by atoms with Crippen molar-refractivity contribution in [2.24, 2.45) is 0 Å². The molecule has 1 aliphatic heterocycles. The summed E-state index contributed by atoms with van der Waals surface area (Å²) in [6.07, 6.45) is -2.45. The Morgan fingerprint density at radius 1 is 1.44 bits per heavy atom. The molecule has 0 aliphatic carbocycles. The molecule has 2 rings (SSSR count). The van der Waals surface area contributed by atoms with E-state index in [1.807, 2.05) is 4.90 Å². The fraction of sp³-hybridized carbons (Fsp3) is 0.750. The summed E-state index contributed by atoms with van der Waals surface area (Å²) in [5.74, 6) is -1.04. The second kappa shape index (κ2) is 4.48. The van der Waals surface area contributed by atoms with Gasteiger partial charge in [0, 0.05) is 29.4 Å². The van der Waals surface area contributed by atoms with E-state index >= 15 is 0 Å². The summed E-state index contributed by atoms with van der Waals surface area (Å²) in [7, 11) is 0. The van der Waals surface area contributed by atoms with Gasteiger partial charge in [-0.05, 0) is 12.8 Å². The van der Waals surface area contributed by atoms with Crippen LogP contribution in [-0.2, 0) is 6.18 Å². The molecule has 90 valence electrons. The van der Waals surface area contributed by atoms with Crippen LogP contribution in [0.3, 0.4) is 0 Å². The highest BCUT2D eigenvalue weighted by molar-refractivity contribution is 9.09. The molecule has 0 saturated carbocycles. The van der Waals surface area contributed by atoms with E-state index in [9.17, 15) is 13.2 Å². The minimum atomic E-state index is -4.45. The lowest BCUT2D eigenvalue weighted by Gasteiger charge is -2.29. The quantitative estimate of drug-likeness (QED) is 0.746. The summed E-state index contributed by atoms with van der Waals surface area (Å²) in [4.78, 5) is 5.69. The smallest absolute Gasteiger partial charge is 0.346 e. The number of hydrogen-bond donors (Lipinski definition) is 0. The van der Waals surface area contributed by atoms with E-state index < -0.39 is 12.0 Å². The molecule has 0 bridgehead atoms. The van der Waals surface area contributed by atoms with E-state index in [-0.39, 0.29) is 0 Å². The lowest BCUT2D eigenvalue weighted by Crippen LogP contribution is -2.35. The molecule has 0 aromatic carbocycles. The standard InChI is InChI=1S/C8H9BrF3N3S/c9-5-2-1-3-15(4-5)7-13-6(14-16-7)8(10,11)12/h5H,1-4H2. The first-order chi connectivity index (χ1) is 7.47. The molecule has 8 heteroatoms. The number of piperidine rings is 1. The van der Waals surface area contributed by atoms with Crippen molar-refractivity contribution in [2.45, 2.75) is 23.8 Å². The van der Waals surface area contributed by atoms with Crippen LogP contribution in [0.1, 0.15) is 18.7 Å². The average molecular weight is 316 g/mol. The number of rotatable bonds is 1. The van der Waals surface area contributed by atoms with E-state index in [1.165, 1.54) is 0 Å². The largest absolute Gasteiger partial charge is 0.452 e. The van der Waals surface area contributed by atoms with Crippen molar-refractivity contribution in [2.75, 3.05) is 18.0 Å². The van der Waals surface area contributed by atoms with Crippen molar-refractivity contribution < 1.29 is 13.2 Å². The predicted octanol–water partition coefficient (Wildman–Crippen LogP) is 2.92. The van der Waals surface area contributed by atoms with E-state index in [0.717, 1.165) is 30.9 Å². The lowest BCUT2D eigenvalue weighted by molar-refractivity contribution is -0.144. The van der Waals surface area contributed by atoms with Gasteiger partial charge in [0.05, 0.1) is 0 Å². The summed E-state index contributed by atoms with van der Waals surface area (Å²) in [6.45, 7) is 1.43. The third kappa shape index (κ3) is 2.65. The van der Waals surface area contributed by atoms with Crippen LogP contribution in [0.2, 0.25) is 0 Å². The highest BCUT2D eigenvalue weighted by Gasteiger charge is 2.36. The summed E-state index contributed by atoms with van der Waals surface area (Å²) in [5, 5.41) is 0.358. The van der Waals surface area contributed by atoms with Crippen LogP contribution in [0.4, 0.5) is 18.3 Å². The zero-order valence-electron chi connectivity index (χ0n) is 8.17. The Hall–Kier alpha value is -0.370. The van der Waals surface area contributed by atoms with Gasteiger partial charge in [-0.1, -0.05) is 15.9 Å². The van der Waals surface area contributed by atoms with Gasteiger partial charge in [-0.25, -0.2) is 0 Å². The fourth-order valence-corrected chi connectivity index (χ4v) is 2.95. The Labute approximate surface area is 103 Å². The van der Waals surface area contributed by atoms with E-state index in [4.69, 9.17) is 0 Å². The number of alkyl halides is 4. The van der Waals surface area contributed by atoms with Gasteiger partial charge in [-0.3, -0.25) is 0 Å². The van der Waals surface area contributed by atoms with E-state index in [0.29, 0.717) is 16.5 Å². The van der Waals surface area contributed by atoms with Gasteiger partial charge in [0.15, 0.2) is 0 Å². The monoisotopic (exact) mass is 315 g/mol. The molecular formula is C8H9BrF3N3S. The molecule has 1 aliphatic rings. The van der Waals surface area contributed by atoms with Gasteiger partial charge in [0.1, 0.15) is 0 Å². The highest BCUT2D eigenvalue weighted by atomic mass is 79.9. The number of anilines is 1. The summed E-state index contributed by atoms with van der Waals surface area (Å²) >= 11 is 4.27. The van der Waals surface area contributed by atoms with Crippen molar-refractivity contribution in [3.05, 3.63) is 5.82 Å². The molecule has 1 saturated heterocycles. The van der Waals surface area contributed by atoms with Gasteiger partial charge in [0.25, 0.3) is 0 Å². The molecule has 16 heavy (non-hydrogen) atoms. The second-order valence-electron chi connectivity index (χ2n) is 3.58. The molecule has 0 amide bonds. The van der Waals surface area contributed by atoms with Crippen LogP contribution in [0.25, 0.3) is 0 Å². The predicted molar refractivity (Wildman–Crippen MR) is 59.1 cm³/mol. The number of hydrogen-bond acceptors (Lipinski definition) is 4. The third-order valence-electron chi connectivity index (χ3n) is 2.30. The minimum Gasteiger partial charge on any atom is -0.346 e. The minimum absolute atomic E-state index is 0.319. The van der Waals surface area contributed by atoms with Gasteiger partial charge < -0.3 is 4.90 Å². The van der Waals surface area contributed by atoms with E-state index in [2.05, 4.69) is 25.3 Å². The normalized spacial score (nSPS) is 22.5. The Kier molecular flexibility index (Phi) is 3.39. The van der Waals surface area contributed by atoms with Crippen molar-refractivity contribution in [3.8, 4) is 0 Å². The first-order valence-electron chi connectivity index (χ1n) is 4.77. The number of aromatic nitrogens is 2. The van der Waals surface area contributed by atoms with Crippen molar-refractivity contribution in [1.82, 2.24) is 9.36 Å². The summed E-state index contributed by atoms with van der Waals surface area (Å²) < 4.78 is 40.2. The van der Waals surface area contributed by atoms with Crippen molar-refractivity contribution in [3.63, 3.8) is 0 Å². The SMILES string of the molecule is FC(F)(F)c1nsc(N2CCCC(Br)C2)n1. The van der Waals surface area contributed by atoms with Crippen LogP contribution in [0.15, 0.2) is 0 Å². The van der Waals surface area contributed by atoms with Crippen LogP contribution < -0.4 is 4.90 Å². The van der Waals surface area contributed by atoms with Crippen LogP contribution in [0.5, 0.6) is 0 Å². The highest BCUT2D eigenvalue weighted by Crippen LogP contribution is 2.31. The molecule has 1 aromatic rings. The van der Waals surface area contributed by atoms with E-state index in [1.54, 1.807) is 0 Å². The third-order valence-corrected chi connectivity index (χ3v) is 3.83. The van der Waals surface area contributed by atoms with Gasteiger partial charge in [-0.2, -0.15) is 22.5 Å². The van der Waals surface area contributed by atoms with Crippen LogP contribution in [0, 0.1) is 0 Å². The Morgan fingerprint density at radius 3 is 2.75 bits per heavy atom. The maximum atomic E-state index is 12.3. The molecule has 0 spiro atoms. The van der Waals surface area contributed by atoms with Gasteiger partial charge in [0.2, 0.25) is 11.0 Å². The Morgan fingerprint density at radius 2 is 2.19 bits per heavy atom. The summed E-state index contributed by atoms with van der Waals surface area (Å²) in [6, 6.07) is 0. The Balaban J connectivity index is 2.12.